The highest BCUT2D eigenvalue weighted by atomic mass is 16.5. The van der Waals surface area contributed by atoms with Crippen LogP contribution in [0.15, 0.2) is 72.9 Å². The van der Waals surface area contributed by atoms with Crippen LogP contribution >= 0.6 is 0 Å². The molecule has 3 N–H and O–H groups in total. The second kappa shape index (κ2) is 48.3. The van der Waals surface area contributed by atoms with E-state index in [9.17, 15) is 19.8 Å². The summed E-state index contributed by atoms with van der Waals surface area (Å²) in [5.74, 6) is -0.572. The molecule has 0 spiro atoms. The van der Waals surface area contributed by atoms with Crippen LogP contribution in [0.3, 0.4) is 0 Å². The van der Waals surface area contributed by atoms with Gasteiger partial charge in [0.2, 0.25) is 5.91 Å². The molecule has 1 amide bonds. The van der Waals surface area contributed by atoms with E-state index in [1.807, 2.05) is 6.08 Å². The lowest BCUT2D eigenvalue weighted by molar-refractivity contribution is -0.150. The number of carbonyl (C=O) groups is 2. The van der Waals surface area contributed by atoms with Gasteiger partial charge >= 0.3 is 5.97 Å². The Morgan fingerprint density at radius 2 is 0.852 bits per heavy atom. The van der Waals surface area contributed by atoms with Crippen molar-refractivity contribution in [2.45, 2.75) is 257 Å². The first-order valence-corrected chi connectivity index (χ1v) is 25.7. The number of aliphatic hydroxyl groups excluding tert-OH is 2. The molecule has 0 aliphatic rings. The number of hydrogen-bond donors (Lipinski definition) is 3. The number of aliphatic hydroxyl groups is 2. The van der Waals surface area contributed by atoms with Crippen LogP contribution in [0.4, 0.5) is 0 Å². The largest absolute Gasteiger partial charge is 0.462 e. The standard InChI is InChI=1S/C55H97NO5/c1-4-7-10-13-16-19-22-24-25-26-27-28-29-30-33-36-39-42-45-48-55(60)61-51(46-43-40-37-34-31-21-18-15-12-9-6-3)49-54(59)56-52(50-57)53(58)47-44-41-38-35-32-23-20-17-14-11-8-5-2/h7,10,16,19,24-25,27-28,30,33,39,42,51-53,57-58H,4-6,8-9,11-15,17-18,20-23,26,29,31-32,34-38,40-41,43-50H2,1-3H3,(H,56,59)/b10-7-,19-16-,25-24-,28-27-,33-30-,42-39-. The molecule has 352 valence electrons. The predicted octanol–water partition coefficient (Wildman–Crippen LogP) is 15.4. The van der Waals surface area contributed by atoms with Gasteiger partial charge in [-0.1, -0.05) is 235 Å². The molecule has 0 bridgehead atoms. The second-order valence-electron chi connectivity index (χ2n) is 17.2. The van der Waals surface area contributed by atoms with Crippen molar-refractivity contribution in [3.8, 4) is 0 Å². The van der Waals surface area contributed by atoms with Gasteiger partial charge in [-0.25, -0.2) is 0 Å². The first-order chi connectivity index (χ1) is 30.0. The van der Waals surface area contributed by atoms with Crippen molar-refractivity contribution in [1.29, 1.82) is 0 Å². The molecular formula is C55H97NO5. The molecule has 0 aliphatic carbocycles. The fraction of sp³-hybridized carbons (Fsp3) is 0.745. The van der Waals surface area contributed by atoms with Gasteiger partial charge < -0.3 is 20.3 Å². The molecule has 3 unspecified atom stereocenters. The lowest BCUT2D eigenvalue weighted by Gasteiger charge is -2.24. The van der Waals surface area contributed by atoms with Gasteiger partial charge in [0.25, 0.3) is 0 Å². The summed E-state index contributed by atoms with van der Waals surface area (Å²) in [6.45, 7) is 6.34. The zero-order valence-electron chi connectivity index (χ0n) is 40.0. The van der Waals surface area contributed by atoms with E-state index in [0.717, 1.165) is 77.0 Å². The SMILES string of the molecule is CC/C=C\C/C=C\C/C=C\C/C=C\C/C=C\C/C=C\CCC(=O)OC(CCCCCCCCCCCCC)CC(=O)NC(CO)C(O)CCCCCCCCCCCCCC. The molecule has 61 heavy (non-hydrogen) atoms. The summed E-state index contributed by atoms with van der Waals surface area (Å²) in [6, 6.07) is -0.716. The van der Waals surface area contributed by atoms with E-state index in [1.54, 1.807) is 0 Å². The number of ether oxygens (including phenoxy) is 1. The molecule has 0 saturated carbocycles. The van der Waals surface area contributed by atoms with Gasteiger partial charge in [0, 0.05) is 6.42 Å². The molecule has 0 aliphatic heterocycles. The summed E-state index contributed by atoms with van der Waals surface area (Å²) in [5.41, 5.74) is 0. The summed E-state index contributed by atoms with van der Waals surface area (Å²) in [5, 5.41) is 23.7. The van der Waals surface area contributed by atoms with Crippen molar-refractivity contribution in [3.63, 3.8) is 0 Å². The highest BCUT2D eigenvalue weighted by Crippen LogP contribution is 2.17. The average Bonchev–Trinajstić information content (AvgIpc) is 3.25. The second-order valence-corrected chi connectivity index (χ2v) is 17.2. The minimum absolute atomic E-state index is 0.0469. The topological polar surface area (TPSA) is 95.9 Å². The van der Waals surface area contributed by atoms with E-state index < -0.39 is 18.2 Å². The third-order valence-corrected chi connectivity index (χ3v) is 11.3. The van der Waals surface area contributed by atoms with E-state index in [-0.39, 0.29) is 31.3 Å². The van der Waals surface area contributed by atoms with Crippen LogP contribution in [0.5, 0.6) is 0 Å². The van der Waals surface area contributed by atoms with Crippen LogP contribution in [0.1, 0.15) is 239 Å². The van der Waals surface area contributed by atoms with E-state index in [1.165, 1.54) is 109 Å². The number of allylic oxidation sites excluding steroid dienone is 12. The van der Waals surface area contributed by atoms with Gasteiger partial charge in [-0.05, 0) is 64.2 Å². The first kappa shape index (κ1) is 58.3. The lowest BCUT2D eigenvalue weighted by atomic mass is 10.0. The smallest absolute Gasteiger partial charge is 0.306 e. The number of unbranched alkanes of at least 4 members (excludes halogenated alkanes) is 21. The Balaban J connectivity index is 4.65. The quantitative estimate of drug-likeness (QED) is 0.0322. The van der Waals surface area contributed by atoms with Crippen LogP contribution < -0.4 is 5.32 Å². The molecule has 0 rings (SSSR count). The Labute approximate surface area is 377 Å². The number of esters is 1. The van der Waals surface area contributed by atoms with E-state index in [0.29, 0.717) is 19.3 Å². The lowest BCUT2D eigenvalue weighted by Crippen LogP contribution is -2.46. The number of rotatable bonds is 45. The molecule has 0 fully saturated rings. The Morgan fingerprint density at radius 1 is 0.492 bits per heavy atom. The highest BCUT2D eigenvalue weighted by molar-refractivity contribution is 5.77. The number of nitrogens with one attached hydrogen (secondary N) is 1. The summed E-state index contributed by atoms with van der Waals surface area (Å²) < 4.78 is 5.88. The highest BCUT2D eigenvalue weighted by Gasteiger charge is 2.24. The number of amides is 1. The normalized spacial score (nSPS) is 13.9. The number of hydrogen-bond acceptors (Lipinski definition) is 5. The molecule has 0 saturated heterocycles. The van der Waals surface area contributed by atoms with Crippen LogP contribution in [0.25, 0.3) is 0 Å². The Bertz CT molecular complexity index is 1140. The van der Waals surface area contributed by atoms with E-state index in [4.69, 9.17) is 4.74 Å². The fourth-order valence-electron chi connectivity index (χ4n) is 7.46. The summed E-state index contributed by atoms with van der Waals surface area (Å²) in [4.78, 5) is 26.1. The molecule has 0 aromatic carbocycles. The Hall–Kier alpha value is -2.70. The molecule has 0 radical (unpaired) electrons. The molecule has 6 heteroatoms. The zero-order chi connectivity index (χ0) is 44.5. The minimum atomic E-state index is -0.800. The maximum atomic E-state index is 13.2. The average molecular weight is 852 g/mol. The summed E-state index contributed by atoms with van der Waals surface area (Å²) in [7, 11) is 0. The molecule has 6 nitrogen and oxygen atoms in total. The Kier molecular flexibility index (Phi) is 46.2. The molecule has 0 aromatic rings. The minimum Gasteiger partial charge on any atom is -0.462 e. The van der Waals surface area contributed by atoms with Gasteiger partial charge in [-0.15, -0.1) is 0 Å². The van der Waals surface area contributed by atoms with E-state index in [2.05, 4.69) is 92.9 Å². The maximum absolute atomic E-state index is 13.2. The predicted molar refractivity (Wildman–Crippen MR) is 264 cm³/mol. The van der Waals surface area contributed by atoms with Gasteiger partial charge in [-0.2, -0.15) is 0 Å². The summed E-state index contributed by atoms with van der Waals surface area (Å²) >= 11 is 0. The first-order valence-electron chi connectivity index (χ1n) is 25.7. The number of carbonyl (C=O) groups excluding carboxylic acids is 2. The van der Waals surface area contributed by atoms with Crippen LogP contribution in [-0.4, -0.2) is 46.9 Å². The van der Waals surface area contributed by atoms with Crippen molar-refractivity contribution in [1.82, 2.24) is 5.32 Å². The third kappa shape index (κ3) is 43.7. The fourth-order valence-corrected chi connectivity index (χ4v) is 7.46. The monoisotopic (exact) mass is 852 g/mol. The van der Waals surface area contributed by atoms with Gasteiger partial charge in [-0.3, -0.25) is 9.59 Å². The maximum Gasteiger partial charge on any atom is 0.306 e. The van der Waals surface area contributed by atoms with Crippen molar-refractivity contribution in [2.75, 3.05) is 6.61 Å². The van der Waals surface area contributed by atoms with Crippen molar-refractivity contribution in [2.24, 2.45) is 0 Å². The Morgan fingerprint density at radius 3 is 1.25 bits per heavy atom. The van der Waals surface area contributed by atoms with Gasteiger partial charge in [0.05, 0.1) is 25.2 Å². The van der Waals surface area contributed by atoms with Crippen LogP contribution in [0, 0.1) is 0 Å². The van der Waals surface area contributed by atoms with Crippen molar-refractivity contribution < 1.29 is 24.5 Å². The molecule has 0 aromatic heterocycles. The molecule has 3 atom stereocenters. The zero-order valence-corrected chi connectivity index (χ0v) is 40.0. The van der Waals surface area contributed by atoms with Crippen molar-refractivity contribution >= 4 is 11.9 Å². The summed E-state index contributed by atoms with van der Waals surface area (Å²) in [6.07, 6.45) is 61.1. The van der Waals surface area contributed by atoms with Crippen LogP contribution in [-0.2, 0) is 14.3 Å². The molecule has 0 heterocycles. The molecular weight excluding hydrogens is 755 g/mol. The van der Waals surface area contributed by atoms with E-state index >= 15 is 0 Å². The van der Waals surface area contributed by atoms with Gasteiger partial charge in [0.1, 0.15) is 6.10 Å². The van der Waals surface area contributed by atoms with Crippen molar-refractivity contribution in [3.05, 3.63) is 72.9 Å². The third-order valence-electron chi connectivity index (χ3n) is 11.3. The van der Waals surface area contributed by atoms with Crippen LogP contribution in [0.2, 0.25) is 0 Å². The van der Waals surface area contributed by atoms with Gasteiger partial charge in [0.15, 0.2) is 0 Å².